The molecular formula is C18H21BrN4O4. The lowest BCUT2D eigenvalue weighted by atomic mass is 9.95. The van der Waals surface area contributed by atoms with Gasteiger partial charge in [-0.1, -0.05) is 6.92 Å². The number of carbonyl (C=O) groups excluding carboxylic acids is 1. The Balaban J connectivity index is 2.15. The number of hydrogen-bond donors (Lipinski definition) is 1. The quantitative estimate of drug-likeness (QED) is 0.694. The van der Waals surface area contributed by atoms with Gasteiger partial charge in [-0.05, 0) is 47.0 Å². The third-order valence-corrected chi connectivity index (χ3v) is 4.81. The van der Waals surface area contributed by atoms with E-state index in [-0.39, 0.29) is 5.97 Å². The van der Waals surface area contributed by atoms with E-state index < -0.39 is 6.04 Å². The van der Waals surface area contributed by atoms with E-state index in [4.69, 9.17) is 14.2 Å². The van der Waals surface area contributed by atoms with E-state index in [0.717, 1.165) is 12.0 Å². The first-order valence-electron chi connectivity index (χ1n) is 8.47. The van der Waals surface area contributed by atoms with Crippen molar-refractivity contribution in [3.63, 3.8) is 0 Å². The number of rotatable bonds is 6. The van der Waals surface area contributed by atoms with Crippen molar-refractivity contribution in [1.82, 2.24) is 14.8 Å². The summed E-state index contributed by atoms with van der Waals surface area (Å²) in [6.07, 6.45) is 2.19. The van der Waals surface area contributed by atoms with Gasteiger partial charge in [0.2, 0.25) is 5.95 Å². The van der Waals surface area contributed by atoms with Crippen LogP contribution in [0.25, 0.3) is 0 Å². The third kappa shape index (κ3) is 3.51. The molecule has 1 aliphatic heterocycles. The zero-order valence-corrected chi connectivity index (χ0v) is 17.2. The first-order valence-corrected chi connectivity index (χ1v) is 9.26. The van der Waals surface area contributed by atoms with E-state index in [1.807, 2.05) is 26.0 Å². The number of hydrogen-bond acceptors (Lipinski definition) is 7. The largest absolute Gasteiger partial charge is 0.493 e. The zero-order chi connectivity index (χ0) is 19.6. The van der Waals surface area contributed by atoms with Gasteiger partial charge < -0.3 is 19.5 Å². The average Bonchev–Trinajstić information content (AvgIpc) is 3.12. The summed E-state index contributed by atoms with van der Waals surface area (Å²) in [5.74, 6) is 1.28. The number of methoxy groups -OCH3 is 2. The molecule has 1 aliphatic rings. The highest BCUT2D eigenvalue weighted by Gasteiger charge is 2.35. The number of esters is 1. The molecule has 3 rings (SSSR count). The number of fused-ring (bicyclic) bond motifs is 1. The van der Waals surface area contributed by atoms with Crippen molar-refractivity contribution in [2.24, 2.45) is 0 Å². The van der Waals surface area contributed by atoms with Crippen LogP contribution < -0.4 is 14.8 Å². The molecule has 1 atom stereocenters. The first-order chi connectivity index (χ1) is 13.0. The molecule has 2 heterocycles. The van der Waals surface area contributed by atoms with Gasteiger partial charge >= 0.3 is 5.97 Å². The molecule has 27 heavy (non-hydrogen) atoms. The van der Waals surface area contributed by atoms with Crippen LogP contribution in [0.15, 0.2) is 34.2 Å². The summed E-state index contributed by atoms with van der Waals surface area (Å²) >= 11 is 3.51. The standard InChI is InChI=1S/C18H21BrN4O4/c1-5-6-27-17(24)14-10(2)22-18-20-9-21-23(18)15(14)11-7-12(19)16(26-4)13(8-11)25-3/h7-9,15H,5-6H2,1-4H3,(H,20,21,22). The lowest BCUT2D eigenvalue weighted by molar-refractivity contribution is -0.139. The molecule has 2 aromatic rings. The lowest BCUT2D eigenvalue weighted by Crippen LogP contribution is -2.29. The van der Waals surface area contributed by atoms with Crippen LogP contribution in [0.4, 0.5) is 5.95 Å². The van der Waals surface area contributed by atoms with Gasteiger partial charge in [0.15, 0.2) is 11.5 Å². The summed E-state index contributed by atoms with van der Waals surface area (Å²) in [4.78, 5) is 17.0. The summed E-state index contributed by atoms with van der Waals surface area (Å²) in [6.45, 7) is 4.12. The molecule has 0 amide bonds. The van der Waals surface area contributed by atoms with Crippen LogP contribution in [0.2, 0.25) is 0 Å². The molecule has 0 saturated carbocycles. The molecule has 1 N–H and O–H groups in total. The minimum absolute atomic E-state index is 0.349. The minimum Gasteiger partial charge on any atom is -0.493 e. The molecule has 1 aromatic heterocycles. The fourth-order valence-electron chi connectivity index (χ4n) is 3.03. The average molecular weight is 437 g/mol. The number of aromatic nitrogens is 3. The van der Waals surface area contributed by atoms with E-state index >= 15 is 0 Å². The predicted octanol–water partition coefficient (Wildman–Crippen LogP) is 3.30. The summed E-state index contributed by atoms with van der Waals surface area (Å²) in [5.41, 5.74) is 1.93. The number of nitrogens with one attached hydrogen (secondary N) is 1. The maximum absolute atomic E-state index is 12.8. The zero-order valence-electron chi connectivity index (χ0n) is 15.6. The van der Waals surface area contributed by atoms with Crippen molar-refractivity contribution in [2.45, 2.75) is 26.3 Å². The second kappa shape index (κ2) is 7.99. The molecule has 8 nitrogen and oxygen atoms in total. The van der Waals surface area contributed by atoms with Gasteiger partial charge in [-0.15, -0.1) is 0 Å². The second-order valence-corrected chi connectivity index (χ2v) is 6.82. The molecule has 1 unspecified atom stereocenters. The summed E-state index contributed by atoms with van der Waals surface area (Å²) in [6, 6.07) is 3.19. The van der Waals surface area contributed by atoms with Crippen molar-refractivity contribution in [2.75, 3.05) is 26.1 Å². The highest BCUT2D eigenvalue weighted by Crippen LogP contribution is 2.42. The van der Waals surface area contributed by atoms with Gasteiger partial charge in [0.05, 0.1) is 30.9 Å². The van der Waals surface area contributed by atoms with E-state index in [1.54, 1.807) is 18.9 Å². The van der Waals surface area contributed by atoms with Crippen molar-refractivity contribution >= 4 is 27.8 Å². The molecule has 9 heteroatoms. The normalized spacial score (nSPS) is 15.8. The van der Waals surface area contributed by atoms with Gasteiger partial charge in [-0.25, -0.2) is 9.48 Å². The Kier molecular flexibility index (Phi) is 5.69. The molecule has 0 fully saturated rings. The minimum atomic E-state index is -0.510. The maximum Gasteiger partial charge on any atom is 0.338 e. The van der Waals surface area contributed by atoms with Gasteiger partial charge in [0, 0.05) is 5.70 Å². The van der Waals surface area contributed by atoms with Gasteiger partial charge in [-0.3, -0.25) is 0 Å². The van der Waals surface area contributed by atoms with Crippen LogP contribution in [-0.4, -0.2) is 41.6 Å². The Morgan fingerprint density at radius 3 is 2.78 bits per heavy atom. The number of carbonyl (C=O) groups is 1. The Labute approximate surface area is 165 Å². The number of benzene rings is 1. The Hall–Kier alpha value is -2.55. The molecule has 0 spiro atoms. The SMILES string of the molecule is CCCOC(=O)C1=C(C)Nc2ncnn2C1c1cc(Br)c(OC)c(OC)c1. The number of allylic oxidation sites excluding steroid dienone is 1. The molecule has 0 radical (unpaired) electrons. The van der Waals surface area contributed by atoms with Crippen LogP contribution in [0.3, 0.4) is 0 Å². The highest BCUT2D eigenvalue weighted by molar-refractivity contribution is 9.10. The lowest BCUT2D eigenvalue weighted by Gasteiger charge is -2.28. The number of ether oxygens (including phenoxy) is 3. The fourth-order valence-corrected chi connectivity index (χ4v) is 3.65. The van der Waals surface area contributed by atoms with Crippen molar-refractivity contribution in [1.29, 1.82) is 0 Å². The van der Waals surface area contributed by atoms with E-state index in [2.05, 4.69) is 31.3 Å². The maximum atomic E-state index is 12.8. The molecule has 1 aromatic carbocycles. The van der Waals surface area contributed by atoms with Crippen molar-refractivity contribution in [3.8, 4) is 11.5 Å². The van der Waals surface area contributed by atoms with E-state index in [0.29, 0.717) is 39.8 Å². The predicted molar refractivity (Wildman–Crippen MR) is 103 cm³/mol. The number of nitrogens with zero attached hydrogens (tertiary/aromatic N) is 3. The third-order valence-electron chi connectivity index (χ3n) is 4.22. The summed E-state index contributed by atoms with van der Waals surface area (Å²) < 4.78 is 18.6. The smallest absolute Gasteiger partial charge is 0.338 e. The summed E-state index contributed by atoms with van der Waals surface area (Å²) in [7, 11) is 3.13. The second-order valence-electron chi connectivity index (χ2n) is 5.97. The number of halogens is 1. The molecule has 0 aliphatic carbocycles. The highest BCUT2D eigenvalue weighted by atomic mass is 79.9. The van der Waals surface area contributed by atoms with Crippen LogP contribution >= 0.6 is 15.9 Å². The topological polar surface area (TPSA) is 87.5 Å². The van der Waals surface area contributed by atoms with Crippen LogP contribution in [0, 0.1) is 0 Å². The first kappa shape index (κ1) is 19.2. The van der Waals surface area contributed by atoms with Crippen molar-refractivity contribution in [3.05, 3.63) is 39.8 Å². The van der Waals surface area contributed by atoms with E-state index in [9.17, 15) is 4.79 Å². The van der Waals surface area contributed by atoms with Crippen LogP contribution in [0.5, 0.6) is 11.5 Å². The van der Waals surface area contributed by atoms with Crippen LogP contribution in [-0.2, 0) is 9.53 Å². The van der Waals surface area contributed by atoms with Gasteiger partial charge in [0.25, 0.3) is 0 Å². The van der Waals surface area contributed by atoms with Crippen molar-refractivity contribution < 1.29 is 19.0 Å². The van der Waals surface area contributed by atoms with Gasteiger partial charge in [0.1, 0.15) is 12.4 Å². The van der Waals surface area contributed by atoms with Gasteiger partial charge in [-0.2, -0.15) is 10.1 Å². The molecule has 144 valence electrons. The summed E-state index contributed by atoms with van der Waals surface area (Å²) in [5, 5.41) is 7.42. The molecular weight excluding hydrogens is 416 g/mol. The number of anilines is 1. The Morgan fingerprint density at radius 2 is 2.11 bits per heavy atom. The van der Waals surface area contributed by atoms with Crippen LogP contribution in [0.1, 0.15) is 31.9 Å². The van der Waals surface area contributed by atoms with E-state index in [1.165, 1.54) is 6.33 Å². The fraction of sp³-hybridized carbons (Fsp3) is 0.389. The molecule has 0 bridgehead atoms. The Bertz CT molecular complexity index is 893. The molecule has 0 saturated heterocycles. The monoisotopic (exact) mass is 436 g/mol. The Morgan fingerprint density at radius 1 is 1.33 bits per heavy atom.